The number of nitrogens with zero attached hydrogens (tertiary/aromatic N) is 1. The molecular formula is C20H28N2O2. The van der Waals surface area contributed by atoms with E-state index in [1.54, 1.807) is 0 Å². The van der Waals surface area contributed by atoms with Crippen molar-refractivity contribution in [3.8, 4) is 5.69 Å². The van der Waals surface area contributed by atoms with Gasteiger partial charge in [-0.25, -0.2) is 4.79 Å². The fourth-order valence-corrected chi connectivity index (χ4v) is 2.84. The Morgan fingerprint density at radius 1 is 1.08 bits per heavy atom. The summed E-state index contributed by atoms with van der Waals surface area (Å²) in [6.45, 7) is 12.5. The lowest BCUT2D eigenvalue weighted by Crippen LogP contribution is -2.33. The molecule has 0 saturated heterocycles. The third kappa shape index (κ3) is 4.40. The van der Waals surface area contributed by atoms with Crippen LogP contribution in [0.2, 0.25) is 0 Å². The number of carbonyl (C=O) groups is 1. The van der Waals surface area contributed by atoms with Crippen LogP contribution in [0.4, 0.5) is 4.79 Å². The van der Waals surface area contributed by atoms with E-state index in [0.29, 0.717) is 6.54 Å². The second-order valence-electron chi connectivity index (χ2n) is 7.19. The van der Waals surface area contributed by atoms with Gasteiger partial charge in [0.1, 0.15) is 5.60 Å². The number of benzene rings is 1. The molecule has 0 atom stereocenters. The minimum Gasteiger partial charge on any atom is -0.444 e. The molecule has 0 saturated carbocycles. The monoisotopic (exact) mass is 328 g/mol. The Labute approximate surface area is 144 Å². The molecule has 0 spiro atoms. The summed E-state index contributed by atoms with van der Waals surface area (Å²) in [6.07, 6.45) is 0.409. The molecule has 1 heterocycles. The largest absolute Gasteiger partial charge is 0.444 e. The molecule has 130 valence electrons. The average Bonchev–Trinajstić information content (AvgIpc) is 2.78. The van der Waals surface area contributed by atoms with Gasteiger partial charge in [0.2, 0.25) is 0 Å². The maximum Gasteiger partial charge on any atom is 0.407 e. The highest BCUT2D eigenvalue weighted by Gasteiger charge is 2.16. The summed E-state index contributed by atoms with van der Waals surface area (Å²) in [6, 6.07) is 10.6. The molecule has 1 N–H and O–H groups in total. The van der Waals surface area contributed by atoms with E-state index < -0.39 is 5.60 Å². The first-order valence-electron chi connectivity index (χ1n) is 8.40. The Morgan fingerprint density at radius 3 is 2.29 bits per heavy atom. The minimum atomic E-state index is -0.469. The van der Waals surface area contributed by atoms with Gasteiger partial charge in [-0.15, -0.1) is 0 Å². The van der Waals surface area contributed by atoms with Gasteiger partial charge in [-0.05, 0) is 77.3 Å². The zero-order valence-corrected chi connectivity index (χ0v) is 15.6. The van der Waals surface area contributed by atoms with Crippen LogP contribution in [0.3, 0.4) is 0 Å². The number of hydrogen-bond acceptors (Lipinski definition) is 2. The van der Waals surface area contributed by atoms with E-state index in [9.17, 15) is 4.79 Å². The lowest BCUT2D eigenvalue weighted by molar-refractivity contribution is 0.0528. The van der Waals surface area contributed by atoms with Crippen LogP contribution in [0.15, 0.2) is 30.3 Å². The molecular weight excluding hydrogens is 300 g/mol. The first-order valence-corrected chi connectivity index (χ1v) is 8.40. The number of ether oxygens (including phenoxy) is 1. The summed E-state index contributed by atoms with van der Waals surface area (Å²) >= 11 is 0. The topological polar surface area (TPSA) is 43.3 Å². The molecule has 0 unspecified atom stereocenters. The highest BCUT2D eigenvalue weighted by Crippen LogP contribution is 2.22. The fourth-order valence-electron chi connectivity index (χ4n) is 2.84. The second kappa shape index (κ2) is 7.12. The quantitative estimate of drug-likeness (QED) is 0.900. The predicted molar refractivity (Wildman–Crippen MR) is 97.9 cm³/mol. The lowest BCUT2D eigenvalue weighted by Gasteiger charge is -2.20. The number of aryl methyl sites for hydroxylation is 2. The molecule has 4 nitrogen and oxygen atoms in total. The summed E-state index contributed by atoms with van der Waals surface area (Å²) < 4.78 is 7.53. The zero-order valence-electron chi connectivity index (χ0n) is 15.6. The summed E-state index contributed by atoms with van der Waals surface area (Å²) in [5.74, 6) is 0. The van der Waals surface area contributed by atoms with E-state index in [2.05, 4.69) is 61.0 Å². The highest BCUT2D eigenvalue weighted by atomic mass is 16.6. The molecule has 2 aromatic rings. The van der Waals surface area contributed by atoms with E-state index >= 15 is 0 Å². The van der Waals surface area contributed by atoms with Crippen LogP contribution in [0.25, 0.3) is 5.69 Å². The molecule has 0 bridgehead atoms. The number of rotatable bonds is 4. The molecule has 24 heavy (non-hydrogen) atoms. The van der Waals surface area contributed by atoms with Gasteiger partial charge in [0.25, 0.3) is 0 Å². The molecule has 2 rings (SSSR count). The Balaban J connectivity index is 2.08. The maximum absolute atomic E-state index is 11.7. The summed E-state index contributed by atoms with van der Waals surface area (Å²) in [5.41, 5.74) is 5.65. The normalized spacial score (nSPS) is 11.4. The first kappa shape index (κ1) is 18.1. The first-order chi connectivity index (χ1) is 11.2. The Hall–Kier alpha value is -2.23. The Morgan fingerprint density at radius 2 is 1.71 bits per heavy atom. The van der Waals surface area contributed by atoms with Crippen molar-refractivity contribution in [2.24, 2.45) is 0 Å². The number of hydrogen-bond donors (Lipinski definition) is 1. The lowest BCUT2D eigenvalue weighted by atomic mass is 10.0. The highest BCUT2D eigenvalue weighted by molar-refractivity contribution is 5.67. The Bertz CT molecular complexity index is 704. The predicted octanol–water partition coefficient (Wildman–Crippen LogP) is 4.47. The van der Waals surface area contributed by atoms with Gasteiger partial charge in [-0.3, -0.25) is 0 Å². The van der Waals surface area contributed by atoms with Crippen LogP contribution in [-0.4, -0.2) is 22.8 Å². The van der Waals surface area contributed by atoms with Gasteiger partial charge in [-0.1, -0.05) is 12.1 Å². The summed E-state index contributed by atoms with van der Waals surface area (Å²) in [7, 11) is 0. The summed E-state index contributed by atoms with van der Waals surface area (Å²) in [4.78, 5) is 11.7. The maximum atomic E-state index is 11.7. The molecule has 0 radical (unpaired) electrons. The van der Waals surface area contributed by atoms with Crippen molar-refractivity contribution < 1.29 is 9.53 Å². The van der Waals surface area contributed by atoms with E-state index in [4.69, 9.17) is 4.74 Å². The number of carbonyl (C=O) groups excluding carboxylic acids is 1. The molecule has 1 aromatic carbocycles. The van der Waals surface area contributed by atoms with E-state index in [-0.39, 0.29) is 6.09 Å². The smallest absolute Gasteiger partial charge is 0.407 e. The van der Waals surface area contributed by atoms with Crippen LogP contribution >= 0.6 is 0 Å². The van der Waals surface area contributed by atoms with Crippen LogP contribution in [0.1, 0.15) is 43.3 Å². The third-order valence-corrected chi connectivity index (χ3v) is 3.99. The Kier molecular flexibility index (Phi) is 5.37. The second-order valence-corrected chi connectivity index (χ2v) is 7.19. The minimum absolute atomic E-state index is 0.367. The van der Waals surface area contributed by atoms with Crippen molar-refractivity contribution in [3.63, 3.8) is 0 Å². The van der Waals surface area contributed by atoms with E-state index in [1.807, 2.05) is 20.8 Å². The van der Waals surface area contributed by atoms with Gasteiger partial charge >= 0.3 is 6.09 Å². The molecule has 4 heteroatoms. The van der Waals surface area contributed by atoms with Crippen molar-refractivity contribution in [3.05, 3.63) is 52.8 Å². The van der Waals surface area contributed by atoms with Crippen molar-refractivity contribution in [2.75, 3.05) is 6.54 Å². The molecule has 1 aromatic heterocycles. The van der Waals surface area contributed by atoms with E-state index in [0.717, 1.165) is 6.42 Å². The van der Waals surface area contributed by atoms with Gasteiger partial charge in [0.15, 0.2) is 0 Å². The van der Waals surface area contributed by atoms with Crippen LogP contribution in [0, 0.1) is 20.8 Å². The third-order valence-electron chi connectivity index (χ3n) is 3.99. The van der Waals surface area contributed by atoms with E-state index in [1.165, 1.54) is 28.2 Å². The SMILES string of the molecule is Cc1c(CCNC(=O)OC(C)(C)C)cccc1-n1c(C)ccc1C. The van der Waals surface area contributed by atoms with Crippen LogP contribution in [-0.2, 0) is 11.2 Å². The molecule has 0 aliphatic rings. The number of amides is 1. The van der Waals surface area contributed by atoms with Gasteiger partial charge in [0, 0.05) is 23.6 Å². The molecule has 0 aliphatic heterocycles. The van der Waals surface area contributed by atoms with Gasteiger partial charge < -0.3 is 14.6 Å². The van der Waals surface area contributed by atoms with Crippen molar-refractivity contribution in [1.29, 1.82) is 0 Å². The van der Waals surface area contributed by atoms with Gasteiger partial charge in [-0.2, -0.15) is 0 Å². The fraction of sp³-hybridized carbons (Fsp3) is 0.450. The number of aromatic nitrogens is 1. The average molecular weight is 328 g/mol. The van der Waals surface area contributed by atoms with Gasteiger partial charge in [0.05, 0.1) is 0 Å². The van der Waals surface area contributed by atoms with Crippen molar-refractivity contribution in [1.82, 2.24) is 9.88 Å². The number of nitrogens with one attached hydrogen (secondary N) is 1. The molecule has 0 aliphatic carbocycles. The molecule has 1 amide bonds. The van der Waals surface area contributed by atoms with Crippen LogP contribution < -0.4 is 5.32 Å². The standard InChI is InChI=1S/C20H28N2O2/c1-14-10-11-15(2)22(14)18-9-7-8-17(16(18)3)12-13-21-19(23)24-20(4,5)6/h7-11H,12-13H2,1-6H3,(H,21,23). The van der Waals surface area contributed by atoms with Crippen LogP contribution in [0.5, 0.6) is 0 Å². The summed E-state index contributed by atoms with van der Waals surface area (Å²) in [5, 5.41) is 2.82. The number of alkyl carbamates (subject to hydrolysis) is 1. The van der Waals surface area contributed by atoms with Crippen molar-refractivity contribution >= 4 is 6.09 Å². The van der Waals surface area contributed by atoms with Crippen molar-refractivity contribution in [2.45, 2.75) is 53.6 Å². The molecule has 0 fully saturated rings. The zero-order chi connectivity index (χ0) is 17.9.